The van der Waals surface area contributed by atoms with E-state index < -0.39 is 0 Å². The van der Waals surface area contributed by atoms with E-state index in [9.17, 15) is 4.79 Å². The molecule has 0 radical (unpaired) electrons. The minimum Gasteiger partial charge on any atom is -0.357 e. The first kappa shape index (κ1) is 12.8. The highest BCUT2D eigenvalue weighted by Gasteiger charge is 2.14. The molecule has 90 valence electrons. The van der Waals surface area contributed by atoms with Crippen LogP contribution in [0.3, 0.4) is 0 Å². The van der Waals surface area contributed by atoms with Crippen LogP contribution in [-0.4, -0.2) is 35.4 Å². The van der Waals surface area contributed by atoms with Crippen LogP contribution in [0.2, 0.25) is 0 Å². The van der Waals surface area contributed by atoms with Crippen LogP contribution in [0.4, 0.5) is 0 Å². The van der Waals surface area contributed by atoms with E-state index in [4.69, 9.17) is 5.73 Å². The van der Waals surface area contributed by atoms with E-state index in [1.165, 1.54) is 0 Å². The third-order valence-electron chi connectivity index (χ3n) is 2.83. The molecule has 4 nitrogen and oxygen atoms in total. The van der Waals surface area contributed by atoms with Gasteiger partial charge in [0.05, 0.1) is 0 Å². The van der Waals surface area contributed by atoms with Crippen molar-refractivity contribution in [2.75, 3.05) is 13.6 Å². The normalized spacial score (nSPS) is 12.8. The maximum Gasteiger partial charge on any atom is 0.270 e. The molecule has 0 bridgehead atoms. The van der Waals surface area contributed by atoms with Crippen molar-refractivity contribution < 1.29 is 4.79 Å². The van der Waals surface area contributed by atoms with Crippen molar-refractivity contribution in [1.29, 1.82) is 0 Å². The molecular weight excluding hydrogens is 202 g/mol. The molecule has 1 heterocycles. The molecule has 1 aromatic rings. The molecule has 1 amide bonds. The zero-order chi connectivity index (χ0) is 12.1. The van der Waals surface area contributed by atoms with Crippen LogP contribution < -0.4 is 5.73 Å². The highest BCUT2D eigenvalue weighted by atomic mass is 16.2. The molecule has 0 aliphatic carbocycles. The Morgan fingerprint density at radius 1 is 1.56 bits per heavy atom. The maximum absolute atomic E-state index is 11.8. The molecule has 1 rings (SSSR count). The van der Waals surface area contributed by atoms with Crippen molar-refractivity contribution in [2.24, 2.45) is 11.7 Å². The van der Waals surface area contributed by atoms with Gasteiger partial charge in [0.15, 0.2) is 0 Å². The number of nitrogens with zero attached hydrogens (tertiary/aromatic N) is 1. The highest BCUT2D eigenvalue weighted by Crippen LogP contribution is 2.06. The second-order valence-corrected chi connectivity index (χ2v) is 4.51. The van der Waals surface area contributed by atoms with Crippen molar-refractivity contribution in [2.45, 2.75) is 26.3 Å². The van der Waals surface area contributed by atoms with Gasteiger partial charge in [0.25, 0.3) is 5.91 Å². The smallest absolute Gasteiger partial charge is 0.270 e. The van der Waals surface area contributed by atoms with Crippen LogP contribution in [0.25, 0.3) is 0 Å². The number of carbonyl (C=O) groups excluding carboxylic acids is 1. The molecule has 0 saturated carbocycles. The number of hydrogen-bond acceptors (Lipinski definition) is 2. The fourth-order valence-electron chi connectivity index (χ4n) is 1.45. The van der Waals surface area contributed by atoms with Crippen LogP contribution in [0.5, 0.6) is 0 Å². The summed E-state index contributed by atoms with van der Waals surface area (Å²) in [5.41, 5.74) is 6.56. The number of aromatic amines is 1. The summed E-state index contributed by atoms with van der Waals surface area (Å²) in [7, 11) is 1.80. The second-order valence-electron chi connectivity index (χ2n) is 4.51. The molecular formula is C12H21N3O. The van der Waals surface area contributed by atoms with Crippen molar-refractivity contribution in [3.63, 3.8) is 0 Å². The van der Waals surface area contributed by atoms with Crippen molar-refractivity contribution in [3.8, 4) is 0 Å². The van der Waals surface area contributed by atoms with Gasteiger partial charge in [-0.1, -0.05) is 13.8 Å². The molecule has 4 heteroatoms. The Balaban J connectivity index is 2.41. The number of nitrogens with one attached hydrogen (secondary N) is 1. The molecule has 0 aliphatic heterocycles. The molecule has 3 N–H and O–H groups in total. The van der Waals surface area contributed by atoms with Gasteiger partial charge in [-0.05, 0) is 24.5 Å². The monoisotopic (exact) mass is 223 g/mol. The first-order valence-corrected chi connectivity index (χ1v) is 5.66. The summed E-state index contributed by atoms with van der Waals surface area (Å²) < 4.78 is 0. The molecule has 0 aromatic carbocycles. The van der Waals surface area contributed by atoms with E-state index in [0.717, 1.165) is 6.42 Å². The average molecular weight is 223 g/mol. The number of nitrogens with two attached hydrogens (primary N) is 1. The zero-order valence-corrected chi connectivity index (χ0v) is 10.2. The summed E-state index contributed by atoms with van der Waals surface area (Å²) in [4.78, 5) is 16.5. The summed E-state index contributed by atoms with van der Waals surface area (Å²) in [6.45, 7) is 4.88. The minimum atomic E-state index is 0.0148. The lowest BCUT2D eigenvalue weighted by atomic mass is 10.0. The molecule has 1 unspecified atom stereocenters. The number of carbonyl (C=O) groups is 1. The van der Waals surface area contributed by atoms with Gasteiger partial charge in [0.2, 0.25) is 0 Å². The predicted octanol–water partition coefficient (Wildman–Crippen LogP) is 1.46. The van der Waals surface area contributed by atoms with E-state index in [1.54, 1.807) is 24.2 Å². The van der Waals surface area contributed by atoms with Gasteiger partial charge in [0.1, 0.15) is 5.69 Å². The lowest BCUT2D eigenvalue weighted by molar-refractivity contribution is 0.0784. The average Bonchev–Trinajstić information content (AvgIpc) is 2.77. The van der Waals surface area contributed by atoms with Crippen LogP contribution in [-0.2, 0) is 0 Å². The van der Waals surface area contributed by atoms with Crippen molar-refractivity contribution in [1.82, 2.24) is 9.88 Å². The van der Waals surface area contributed by atoms with Gasteiger partial charge in [-0.25, -0.2) is 0 Å². The van der Waals surface area contributed by atoms with Gasteiger partial charge >= 0.3 is 0 Å². The fourth-order valence-corrected chi connectivity index (χ4v) is 1.45. The first-order chi connectivity index (χ1) is 7.52. The Morgan fingerprint density at radius 2 is 2.25 bits per heavy atom. The number of hydrogen-bond donors (Lipinski definition) is 2. The Labute approximate surface area is 96.8 Å². The number of amides is 1. The van der Waals surface area contributed by atoms with Gasteiger partial charge in [-0.15, -0.1) is 0 Å². The van der Waals surface area contributed by atoms with E-state index >= 15 is 0 Å². The molecule has 1 aromatic heterocycles. The highest BCUT2D eigenvalue weighted by molar-refractivity contribution is 5.92. The van der Waals surface area contributed by atoms with Crippen LogP contribution >= 0.6 is 0 Å². The minimum absolute atomic E-state index is 0.0148. The molecule has 1 atom stereocenters. The summed E-state index contributed by atoms with van der Waals surface area (Å²) in [5.74, 6) is 0.468. The first-order valence-electron chi connectivity index (χ1n) is 5.66. The summed E-state index contributed by atoms with van der Waals surface area (Å²) in [6, 6.07) is 3.75. The number of rotatable bonds is 5. The van der Waals surface area contributed by atoms with Gasteiger partial charge < -0.3 is 15.6 Å². The summed E-state index contributed by atoms with van der Waals surface area (Å²) in [5, 5.41) is 0. The van der Waals surface area contributed by atoms with E-state index in [2.05, 4.69) is 18.8 Å². The Morgan fingerprint density at radius 3 is 2.75 bits per heavy atom. The number of aromatic nitrogens is 1. The van der Waals surface area contributed by atoms with Crippen LogP contribution in [0.15, 0.2) is 18.3 Å². The summed E-state index contributed by atoms with van der Waals surface area (Å²) in [6.07, 6.45) is 2.58. The maximum atomic E-state index is 11.8. The quantitative estimate of drug-likeness (QED) is 0.794. The van der Waals surface area contributed by atoms with Crippen molar-refractivity contribution >= 4 is 5.91 Å². The lowest BCUT2D eigenvalue weighted by Crippen LogP contribution is -2.34. The van der Waals surface area contributed by atoms with Gasteiger partial charge in [-0.3, -0.25) is 4.79 Å². The fraction of sp³-hybridized carbons (Fsp3) is 0.583. The van der Waals surface area contributed by atoms with Gasteiger partial charge in [0, 0.05) is 25.8 Å². The SMILES string of the molecule is CC(C)C(N)CCN(C)C(=O)c1ccc[nH]1. The Kier molecular flexibility index (Phi) is 4.55. The Bertz CT molecular complexity index is 319. The van der Waals surface area contributed by atoms with Crippen molar-refractivity contribution in [3.05, 3.63) is 24.0 Å². The van der Waals surface area contributed by atoms with E-state index in [-0.39, 0.29) is 11.9 Å². The second kappa shape index (κ2) is 5.70. The third kappa shape index (κ3) is 3.38. The molecule has 0 saturated heterocycles. The Hall–Kier alpha value is -1.29. The van der Waals surface area contributed by atoms with E-state index in [1.807, 2.05) is 6.07 Å². The molecule has 0 spiro atoms. The van der Waals surface area contributed by atoms with Crippen LogP contribution in [0, 0.1) is 5.92 Å². The predicted molar refractivity (Wildman–Crippen MR) is 65.2 cm³/mol. The zero-order valence-electron chi connectivity index (χ0n) is 10.2. The van der Waals surface area contributed by atoms with E-state index in [0.29, 0.717) is 18.2 Å². The largest absolute Gasteiger partial charge is 0.357 e. The van der Waals surface area contributed by atoms with Gasteiger partial charge in [-0.2, -0.15) is 0 Å². The third-order valence-corrected chi connectivity index (χ3v) is 2.83. The molecule has 0 aliphatic rings. The summed E-state index contributed by atoms with van der Waals surface area (Å²) >= 11 is 0. The number of H-pyrrole nitrogens is 1. The molecule has 0 fully saturated rings. The van der Waals surface area contributed by atoms with Crippen LogP contribution in [0.1, 0.15) is 30.8 Å². The standard InChI is InChI=1S/C12H21N3O/c1-9(2)10(13)6-8-15(3)12(16)11-5-4-7-14-11/h4-5,7,9-10,14H,6,8,13H2,1-3H3. The topological polar surface area (TPSA) is 62.1 Å². The molecule has 16 heavy (non-hydrogen) atoms. The lowest BCUT2D eigenvalue weighted by Gasteiger charge is -2.21.